The average Bonchev–Trinajstić information content (AvgIpc) is 3.08. The fourth-order valence-electron chi connectivity index (χ4n) is 2.38. The molecule has 3 aromatic rings. The maximum absolute atomic E-state index is 15.3. The van der Waals surface area contributed by atoms with E-state index in [1.165, 1.54) is 36.5 Å². The van der Waals surface area contributed by atoms with Crippen molar-refractivity contribution >= 4 is 27.5 Å². The summed E-state index contributed by atoms with van der Waals surface area (Å²) in [6.45, 7) is -0.592. The molecule has 0 aliphatic carbocycles. The highest BCUT2D eigenvalue weighted by atomic mass is 79.9. The first-order valence-corrected chi connectivity index (χ1v) is 8.19. The van der Waals surface area contributed by atoms with Crippen LogP contribution in [0.25, 0.3) is 0 Å². The normalized spacial score (nSPS) is 14.3. The molecule has 130 valence electrons. The minimum Gasteiger partial charge on any atom is -0.377 e. The third-order valence-electron chi connectivity index (χ3n) is 3.65. The number of pyridine rings is 1. The Hall–Kier alpha value is -1.97. The fourth-order valence-corrected chi connectivity index (χ4v) is 2.80. The van der Waals surface area contributed by atoms with Crippen LogP contribution in [0.2, 0.25) is 5.02 Å². The molecule has 25 heavy (non-hydrogen) atoms. The topological polar surface area (TPSA) is 76.7 Å². The molecule has 1 unspecified atom stereocenters. The van der Waals surface area contributed by atoms with Gasteiger partial charge in [-0.05, 0) is 56.2 Å². The van der Waals surface area contributed by atoms with Crippen LogP contribution in [-0.2, 0) is 18.1 Å². The van der Waals surface area contributed by atoms with Crippen LogP contribution < -0.4 is 0 Å². The van der Waals surface area contributed by atoms with Crippen molar-refractivity contribution in [3.8, 4) is 0 Å². The average molecular weight is 431 g/mol. The van der Waals surface area contributed by atoms with Crippen LogP contribution in [0, 0.1) is 0 Å². The van der Waals surface area contributed by atoms with Gasteiger partial charge in [-0.1, -0.05) is 23.7 Å². The summed E-state index contributed by atoms with van der Waals surface area (Å²) in [6.07, 6.45) is 2.37. The number of tetrazole rings is 1. The molecule has 0 aliphatic heterocycles. The van der Waals surface area contributed by atoms with E-state index in [4.69, 9.17) is 11.6 Å². The van der Waals surface area contributed by atoms with E-state index in [1.807, 2.05) is 0 Å². The number of hydrogen-bond acceptors (Lipinski definition) is 5. The Morgan fingerprint density at radius 3 is 2.64 bits per heavy atom. The van der Waals surface area contributed by atoms with Crippen LogP contribution in [-0.4, -0.2) is 30.3 Å². The van der Waals surface area contributed by atoms with Crippen molar-refractivity contribution in [3.05, 3.63) is 69.7 Å². The maximum atomic E-state index is 15.3. The Balaban J connectivity index is 2.14. The van der Waals surface area contributed by atoms with Gasteiger partial charge in [0.05, 0.1) is 6.54 Å². The van der Waals surface area contributed by atoms with Crippen molar-refractivity contribution < 1.29 is 13.9 Å². The van der Waals surface area contributed by atoms with Crippen molar-refractivity contribution in [1.82, 2.24) is 25.2 Å². The first-order chi connectivity index (χ1) is 11.8. The summed E-state index contributed by atoms with van der Waals surface area (Å²) in [5.74, 6) is -3.75. The SMILES string of the molecule is OC(Cn1cnnn1)(c1cccc(Cl)c1)C(F)(F)c1ccc(Br)cn1. The number of alkyl halides is 2. The van der Waals surface area contributed by atoms with Gasteiger partial charge in [0.2, 0.25) is 0 Å². The Bertz CT molecular complexity index is 863. The molecule has 0 saturated carbocycles. The predicted octanol–water partition coefficient (Wildman–Crippen LogP) is 3.16. The predicted molar refractivity (Wildman–Crippen MR) is 89.0 cm³/mol. The summed E-state index contributed by atoms with van der Waals surface area (Å²) in [5.41, 5.74) is -3.34. The van der Waals surface area contributed by atoms with Gasteiger partial charge in [0.15, 0.2) is 5.60 Å². The molecular formula is C15H11BrClF2N5O. The summed E-state index contributed by atoms with van der Waals surface area (Å²) in [7, 11) is 0. The molecule has 2 heterocycles. The molecule has 0 radical (unpaired) electrons. The Morgan fingerprint density at radius 2 is 2.04 bits per heavy atom. The first kappa shape index (κ1) is 17.8. The molecule has 1 atom stereocenters. The molecular weight excluding hydrogens is 420 g/mol. The van der Waals surface area contributed by atoms with Gasteiger partial charge in [-0.2, -0.15) is 8.78 Å². The van der Waals surface area contributed by atoms with E-state index in [0.29, 0.717) is 4.47 Å². The molecule has 0 aliphatic rings. The first-order valence-electron chi connectivity index (χ1n) is 7.02. The lowest BCUT2D eigenvalue weighted by molar-refractivity contribution is -0.206. The number of aromatic nitrogens is 5. The van der Waals surface area contributed by atoms with Gasteiger partial charge in [-0.3, -0.25) is 4.98 Å². The molecule has 0 bridgehead atoms. The van der Waals surface area contributed by atoms with Gasteiger partial charge in [0, 0.05) is 15.7 Å². The fraction of sp³-hybridized carbons (Fsp3) is 0.200. The molecule has 0 fully saturated rings. The van der Waals surface area contributed by atoms with E-state index >= 15 is 8.78 Å². The maximum Gasteiger partial charge on any atom is 0.323 e. The van der Waals surface area contributed by atoms with Gasteiger partial charge in [-0.15, -0.1) is 5.10 Å². The second kappa shape index (κ2) is 6.74. The molecule has 6 nitrogen and oxygen atoms in total. The van der Waals surface area contributed by atoms with E-state index in [2.05, 4.69) is 36.4 Å². The molecule has 2 aromatic heterocycles. The van der Waals surface area contributed by atoms with Gasteiger partial charge >= 0.3 is 5.92 Å². The highest BCUT2D eigenvalue weighted by Crippen LogP contribution is 2.46. The largest absolute Gasteiger partial charge is 0.377 e. The van der Waals surface area contributed by atoms with E-state index in [-0.39, 0.29) is 10.6 Å². The number of rotatable bonds is 5. The summed E-state index contributed by atoms with van der Waals surface area (Å²) < 4.78 is 32.1. The Labute approximate surface area is 154 Å². The number of nitrogens with zero attached hydrogens (tertiary/aromatic N) is 5. The lowest BCUT2D eigenvalue weighted by atomic mass is 9.85. The van der Waals surface area contributed by atoms with Gasteiger partial charge < -0.3 is 5.11 Å². The number of benzene rings is 1. The molecule has 0 spiro atoms. The molecule has 10 heteroatoms. The quantitative estimate of drug-likeness (QED) is 0.673. The van der Waals surface area contributed by atoms with Crippen molar-refractivity contribution in [3.63, 3.8) is 0 Å². The zero-order chi connectivity index (χ0) is 18.1. The lowest BCUT2D eigenvalue weighted by Gasteiger charge is -2.35. The summed E-state index contributed by atoms with van der Waals surface area (Å²) in [6, 6.07) is 8.21. The van der Waals surface area contributed by atoms with Crippen molar-refractivity contribution in [1.29, 1.82) is 0 Å². The second-order valence-corrected chi connectivity index (χ2v) is 6.67. The Kier molecular flexibility index (Phi) is 4.81. The van der Waals surface area contributed by atoms with Gasteiger partial charge in [0.1, 0.15) is 12.0 Å². The summed E-state index contributed by atoms with van der Waals surface area (Å²) >= 11 is 9.07. The summed E-state index contributed by atoms with van der Waals surface area (Å²) in [5, 5.41) is 21.7. The van der Waals surface area contributed by atoms with Gasteiger partial charge in [0.25, 0.3) is 0 Å². The molecule has 1 aromatic carbocycles. The van der Waals surface area contributed by atoms with Crippen LogP contribution in [0.3, 0.4) is 0 Å². The summed E-state index contributed by atoms with van der Waals surface area (Å²) in [4.78, 5) is 3.74. The van der Waals surface area contributed by atoms with E-state index in [9.17, 15) is 5.11 Å². The Morgan fingerprint density at radius 1 is 1.24 bits per heavy atom. The van der Waals surface area contributed by atoms with E-state index in [1.54, 1.807) is 0 Å². The molecule has 0 amide bonds. The zero-order valence-corrected chi connectivity index (χ0v) is 14.9. The number of halogens is 4. The highest BCUT2D eigenvalue weighted by Gasteiger charge is 2.56. The lowest BCUT2D eigenvalue weighted by Crippen LogP contribution is -2.47. The van der Waals surface area contributed by atoms with Crippen LogP contribution in [0.4, 0.5) is 8.78 Å². The smallest absolute Gasteiger partial charge is 0.323 e. The van der Waals surface area contributed by atoms with Crippen LogP contribution in [0.15, 0.2) is 53.4 Å². The number of aliphatic hydroxyl groups is 1. The van der Waals surface area contributed by atoms with E-state index < -0.39 is 23.8 Å². The van der Waals surface area contributed by atoms with Crippen LogP contribution >= 0.6 is 27.5 Å². The molecule has 0 saturated heterocycles. The van der Waals surface area contributed by atoms with Gasteiger partial charge in [-0.25, -0.2) is 4.68 Å². The van der Waals surface area contributed by atoms with E-state index in [0.717, 1.165) is 17.1 Å². The zero-order valence-electron chi connectivity index (χ0n) is 12.5. The highest BCUT2D eigenvalue weighted by molar-refractivity contribution is 9.10. The van der Waals surface area contributed by atoms with Crippen molar-refractivity contribution in [2.24, 2.45) is 0 Å². The minimum absolute atomic E-state index is 0.0785. The molecule has 3 rings (SSSR count). The van der Waals surface area contributed by atoms with Crippen molar-refractivity contribution in [2.75, 3.05) is 0 Å². The van der Waals surface area contributed by atoms with Crippen LogP contribution in [0.1, 0.15) is 11.3 Å². The second-order valence-electron chi connectivity index (χ2n) is 5.31. The minimum atomic E-state index is -3.75. The van der Waals surface area contributed by atoms with Crippen LogP contribution in [0.5, 0.6) is 0 Å². The standard InChI is InChI=1S/C15H11BrClF2N5O/c16-11-4-5-13(20-7-11)15(18,19)14(25,8-24-9-21-22-23-24)10-2-1-3-12(17)6-10/h1-7,9,25H,8H2. The number of hydrogen-bond donors (Lipinski definition) is 1. The third-order valence-corrected chi connectivity index (χ3v) is 4.36. The molecule has 1 N–H and O–H groups in total. The monoisotopic (exact) mass is 429 g/mol. The van der Waals surface area contributed by atoms with Crippen molar-refractivity contribution in [2.45, 2.75) is 18.1 Å². The third kappa shape index (κ3) is 3.39.